The summed E-state index contributed by atoms with van der Waals surface area (Å²) < 4.78 is 0. The van der Waals surface area contributed by atoms with Crippen LogP contribution in [-0.2, 0) is 0 Å². The Bertz CT molecular complexity index is 566. The summed E-state index contributed by atoms with van der Waals surface area (Å²) >= 11 is 0. The highest BCUT2D eigenvalue weighted by molar-refractivity contribution is 5.78. The quantitative estimate of drug-likeness (QED) is 0.481. The first-order valence-corrected chi connectivity index (χ1v) is 8.16. The van der Waals surface area contributed by atoms with Crippen molar-refractivity contribution >= 4 is 23.9 Å². The molecule has 0 aliphatic heterocycles. The Morgan fingerprint density at radius 3 is 1.61 bits per heavy atom. The monoisotopic (exact) mass is 309 g/mol. The third-order valence-electron chi connectivity index (χ3n) is 3.92. The number of carbonyl (C=O) groups excluding carboxylic acids is 2. The van der Waals surface area contributed by atoms with Gasteiger partial charge >= 0.3 is 0 Å². The van der Waals surface area contributed by atoms with E-state index in [1.165, 1.54) is 19.3 Å². The zero-order valence-electron chi connectivity index (χ0n) is 13.6. The maximum absolute atomic E-state index is 10.8. The van der Waals surface area contributed by atoms with Crippen molar-refractivity contribution in [2.75, 3.05) is 11.4 Å². The van der Waals surface area contributed by atoms with Crippen LogP contribution in [0.25, 0.3) is 0 Å². The van der Waals surface area contributed by atoms with E-state index in [4.69, 9.17) is 0 Å². The van der Waals surface area contributed by atoms with Gasteiger partial charge in [-0.15, -0.1) is 0 Å². The van der Waals surface area contributed by atoms with Gasteiger partial charge in [-0.05, 0) is 55.0 Å². The molecule has 3 nitrogen and oxygen atoms in total. The van der Waals surface area contributed by atoms with Crippen LogP contribution < -0.4 is 4.90 Å². The predicted octanol–water partition coefficient (Wildman–Crippen LogP) is 5.03. The summed E-state index contributed by atoms with van der Waals surface area (Å²) in [5.74, 6) is 0. The van der Waals surface area contributed by atoms with Crippen LogP contribution in [0.2, 0.25) is 0 Å². The molecule has 0 aliphatic carbocycles. The van der Waals surface area contributed by atoms with Crippen molar-refractivity contribution in [3.63, 3.8) is 0 Å². The number of aldehydes is 2. The molecule has 0 aromatic heterocycles. The van der Waals surface area contributed by atoms with Gasteiger partial charge in [-0.1, -0.05) is 26.2 Å². The number of benzene rings is 2. The van der Waals surface area contributed by atoms with Gasteiger partial charge in [0, 0.05) is 29.0 Å². The van der Waals surface area contributed by atoms with Crippen molar-refractivity contribution in [3.8, 4) is 0 Å². The van der Waals surface area contributed by atoms with Crippen LogP contribution in [0, 0.1) is 0 Å². The molecule has 0 saturated heterocycles. The van der Waals surface area contributed by atoms with Crippen LogP contribution >= 0.6 is 0 Å². The maximum Gasteiger partial charge on any atom is 0.150 e. The van der Waals surface area contributed by atoms with Gasteiger partial charge in [0.2, 0.25) is 0 Å². The van der Waals surface area contributed by atoms with Crippen LogP contribution in [0.1, 0.15) is 53.3 Å². The molecule has 0 amide bonds. The number of rotatable bonds is 9. The molecule has 0 radical (unpaired) electrons. The van der Waals surface area contributed by atoms with Gasteiger partial charge in [0.15, 0.2) is 0 Å². The molecule has 2 aromatic rings. The summed E-state index contributed by atoms with van der Waals surface area (Å²) in [6.07, 6.45) is 6.47. The molecule has 3 heteroatoms. The molecule has 0 fully saturated rings. The van der Waals surface area contributed by atoms with Gasteiger partial charge in [0.25, 0.3) is 0 Å². The molecule has 0 unspecified atom stereocenters. The van der Waals surface area contributed by atoms with Crippen LogP contribution in [0.5, 0.6) is 0 Å². The molecule has 0 bridgehead atoms. The first kappa shape index (κ1) is 16.9. The topological polar surface area (TPSA) is 37.4 Å². The van der Waals surface area contributed by atoms with E-state index in [1.54, 1.807) is 0 Å². The fraction of sp³-hybridized carbons (Fsp3) is 0.300. The van der Waals surface area contributed by atoms with Crippen molar-refractivity contribution in [1.82, 2.24) is 0 Å². The van der Waals surface area contributed by atoms with E-state index >= 15 is 0 Å². The predicted molar refractivity (Wildman–Crippen MR) is 94.8 cm³/mol. The smallest absolute Gasteiger partial charge is 0.150 e. The number of hydrogen-bond donors (Lipinski definition) is 0. The molecule has 2 rings (SSSR count). The molecule has 0 atom stereocenters. The summed E-state index contributed by atoms with van der Waals surface area (Å²) in [7, 11) is 0. The van der Waals surface area contributed by atoms with Crippen molar-refractivity contribution in [3.05, 3.63) is 59.7 Å². The molecular formula is C20H23NO2. The van der Waals surface area contributed by atoms with Crippen molar-refractivity contribution in [1.29, 1.82) is 0 Å². The normalized spacial score (nSPS) is 10.3. The fourth-order valence-electron chi connectivity index (χ4n) is 2.57. The van der Waals surface area contributed by atoms with Crippen LogP contribution in [0.3, 0.4) is 0 Å². The van der Waals surface area contributed by atoms with E-state index < -0.39 is 0 Å². The minimum absolute atomic E-state index is 0.677. The molecule has 0 spiro atoms. The Morgan fingerprint density at radius 2 is 1.22 bits per heavy atom. The highest BCUT2D eigenvalue weighted by atomic mass is 16.1. The fourth-order valence-corrected chi connectivity index (χ4v) is 2.57. The summed E-state index contributed by atoms with van der Waals surface area (Å²) in [5.41, 5.74) is 3.48. The van der Waals surface area contributed by atoms with Gasteiger partial charge in [0.1, 0.15) is 12.6 Å². The third-order valence-corrected chi connectivity index (χ3v) is 3.92. The van der Waals surface area contributed by atoms with Crippen LogP contribution in [-0.4, -0.2) is 19.1 Å². The van der Waals surface area contributed by atoms with E-state index in [0.29, 0.717) is 11.1 Å². The third kappa shape index (κ3) is 4.78. The number of hydrogen-bond acceptors (Lipinski definition) is 3. The molecule has 23 heavy (non-hydrogen) atoms. The Labute approximate surface area is 137 Å². The zero-order chi connectivity index (χ0) is 16.5. The second kappa shape index (κ2) is 8.89. The van der Waals surface area contributed by atoms with Gasteiger partial charge in [-0.3, -0.25) is 9.59 Å². The minimum Gasteiger partial charge on any atom is -0.341 e. The van der Waals surface area contributed by atoms with Crippen LogP contribution in [0.4, 0.5) is 11.4 Å². The molecular weight excluding hydrogens is 286 g/mol. The lowest BCUT2D eigenvalue weighted by atomic mass is 10.1. The summed E-state index contributed by atoms with van der Waals surface area (Å²) in [6.45, 7) is 3.12. The SMILES string of the molecule is CCCCCCN(c1ccc(C=O)cc1)c1ccc(C=O)cc1. The molecule has 0 saturated carbocycles. The first-order valence-electron chi connectivity index (χ1n) is 8.16. The van der Waals surface area contributed by atoms with E-state index in [0.717, 1.165) is 36.9 Å². The molecule has 2 aromatic carbocycles. The largest absolute Gasteiger partial charge is 0.341 e. The standard InChI is InChI=1S/C20H23NO2/c1-2-3-4-5-14-21(19-10-6-17(15-22)7-11-19)20-12-8-18(16-23)9-13-20/h6-13,15-16H,2-5,14H2,1H3. The highest BCUT2D eigenvalue weighted by Crippen LogP contribution is 2.26. The molecule has 0 N–H and O–H groups in total. The van der Waals surface area contributed by atoms with E-state index in [1.807, 2.05) is 48.5 Å². The second-order valence-electron chi connectivity index (χ2n) is 5.63. The van der Waals surface area contributed by atoms with Crippen molar-refractivity contribution < 1.29 is 9.59 Å². The lowest BCUT2D eigenvalue weighted by Crippen LogP contribution is -2.18. The Hall–Kier alpha value is -2.42. The number of nitrogens with zero attached hydrogens (tertiary/aromatic N) is 1. The lowest BCUT2D eigenvalue weighted by molar-refractivity contribution is 0.111. The molecule has 0 heterocycles. The van der Waals surface area contributed by atoms with Crippen molar-refractivity contribution in [2.24, 2.45) is 0 Å². The number of unbranched alkanes of at least 4 members (excludes halogenated alkanes) is 3. The van der Waals surface area contributed by atoms with E-state index in [-0.39, 0.29) is 0 Å². The van der Waals surface area contributed by atoms with Gasteiger partial charge in [-0.25, -0.2) is 0 Å². The Morgan fingerprint density at radius 1 is 0.739 bits per heavy atom. The Balaban J connectivity index is 2.21. The van der Waals surface area contributed by atoms with Gasteiger partial charge < -0.3 is 4.90 Å². The van der Waals surface area contributed by atoms with E-state index in [9.17, 15) is 9.59 Å². The number of anilines is 2. The van der Waals surface area contributed by atoms with Gasteiger partial charge in [-0.2, -0.15) is 0 Å². The van der Waals surface area contributed by atoms with E-state index in [2.05, 4.69) is 11.8 Å². The summed E-state index contributed by atoms with van der Waals surface area (Å²) in [5, 5.41) is 0. The lowest BCUT2D eigenvalue weighted by Gasteiger charge is -2.25. The highest BCUT2D eigenvalue weighted by Gasteiger charge is 2.09. The van der Waals surface area contributed by atoms with Gasteiger partial charge in [0.05, 0.1) is 0 Å². The average Bonchev–Trinajstić information content (AvgIpc) is 2.62. The Kier molecular flexibility index (Phi) is 6.55. The second-order valence-corrected chi connectivity index (χ2v) is 5.63. The minimum atomic E-state index is 0.677. The van der Waals surface area contributed by atoms with Crippen LogP contribution in [0.15, 0.2) is 48.5 Å². The zero-order valence-corrected chi connectivity index (χ0v) is 13.6. The first-order chi connectivity index (χ1) is 11.3. The maximum atomic E-state index is 10.8. The molecule has 0 aliphatic rings. The summed E-state index contributed by atoms with van der Waals surface area (Å²) in [4.78, 5) is 23.9. The summed E-state index contributed by atoms with van der Waals surface area (Å²) in [6, 6.07) is 15.2. The number of carbonyl (C=O) groups is 2. The molecule has 120 valence electrons. The average molecular weight is 309 g/mol. The van der Waals surface area contributed by atoms with Crippen molar-refractivity contribution in [2.45, 2.75) is 32.6 Å².